The molecular formula is C14H13N5O. The number of pyridine rings is 1. The van der Waals surface area contributed by atoms with Crippen molar-refractivity contribution in [2.75, 3.05) is 17.7 Å². The maximum Gasteiger partial charge on any atom is 0.348 e. The summed E-state index contributed by atoms with van der Waals surface area (Å²) in [5, 5.41) is 7.00. The van der Waals surface area contributed by atoms with E-state index in [-0.39, 0.29) is 0 Å². The number of nitrogens with one attached hydrogen (secondary N) is 3. The number of aromatic nitrogens is 3. The van der Waals surface area contributed by atoms with Crippen molar-refractivity contribution in [2.24, 2.45) is 0 Å². The zero-order chi connectivity index (χ0) is 13.9. The number of aromatic amines is 1. The Kier molecular flexibility index (Phi) is 3.04. The number of fused-ring (bicyclic) bond motifs is 1. The second kappa shape index (κ2) is 5.00. The first kappa shape index (κ1) is 12.2. The molecule has 3 aromatic rings. The Hall–Kier alpha value is -2.89. The molecule has 0 fully saturated rings. The molecule has 0 atom stereocenters. The number of H-pyrrole nitrogens is 1. The van der Waals surface area contributed by atoms with E-state index in [9.17, 15) is 4.79 Å². The summed E-state index contributed by atoms with van der Waals surface area (Å²) in [5.74, 6) is 0.588. The lowest BCUT2D eigenvalue weighted by Gasteiger charge is -2.09. The van der Waals surface area contributed by atoms with E-state index in [1.165, 1.54) is 0 Å². The van der Waals surface area contributed by atoms with Crippen LogP contribution in [0.5, 0.6) is 0 Å². The highest BCUT2D eigenvalue weighted by atomic mass is 16.1. The zero-order valence-corrected chi connectivity index (χ0v) is 10.8. The summed E-state index contributed by atoms with van der Waals surface area (Å²) in [5.41, 5.74) is 1.89. The van der Waals surface area contributed by atoms with E-state index in [2.05, 4.69) is 25.6 Å². The number of hydrogen-bond donors (Lipinski definition) is 3. The van der Waals surface area contributed by atoms with E-state index in [1.807, 2.05) is 37.4 Å². The maximum atomic E-state index is 11.5. The number of hydrogen-bond acceptors (Lipinski definition) is 5. The third-order valence-electron chi connectivity index (χ3n) is 2.94. The van der Waals surface area contributed by atoms with Gasteiger partial charge in [0.1, 0.15) is 5.82 Å². The highest BCUT2D eigenvalue weighted by Gasteiger charge is 2.05. The molecule has 2 heterocycles. The summed E-state index contributed by atoms with van der Waals surface area (Å²) in [6, 6.07) is 11.4. The average Bonchev–Trinajstić information content (AvgIpc) is 2.48. The molecule has 20 heavy (non-hydrogen) atoms. The Morgan fingerprint density at radius 1 is 1.10 bits per heavy atom. The highest BCUT2D eigenvalue weighted by Crippen LogP contribution is 2.21. The fourth-order valence-corrected chi connectivity index (χ4v) is 1.94. The van der Waals surface area contributed by atoms with Crippen molar-refractivity contribution in [2.45, 2.75) is 0 Å². The number of rotatable bonds is 3. The van der Waals surface area contributed by atoms with Crippen LogP contribution in [0.25, 0.3) is 11.0 Å². The highest BCUT2D eigenvalue weighted by molar-refractivity contribution is 5.87. The summed E-state index contributed by atoms with van der Waals surface area (Å²) in [4.78, 5) is 22.2. The number of anilines is 3. The molecule has 3 rings (SSSR count). The van der Waals surface area contributed by atoms with Crippen molar-refractivity contribution >= 4 is 28.2 Å². The van der Waals surface area contributed by atoms with Crippen molar-refractivity contribution in [3.8, 4) is 0 Å². The van der Waals surface area contributed by atoms with Gasteiger partial charge in [-0.15, -0.1) is 0 Å². The molecule has 6 nitrogen and oxygen atoms in total. The molecule has 2 aromatic heterocycles. The van der Waals surface area contributed by atoms with Gasteiger partial charge in [0.2, 0.25) is 0 Å². The van der Waals surface area contributed by atoms with Gasteiger partial charge in [-0.1, -0.05) is 0 Å². The SMILES string of the molecule is CNc1ccc(Nc2[nH]c(=O)nc3ncccc23)cc1. The molecule has 0 aliphatic rings. The molecule has 0 spiro atoms. The Bertz CT molecular complexity index is 795. The van der Waals surface area contributed by atoms with Gasteiger partial charge in [0.05, 0.1) is 5.39 Å². The van der Waals surface area contributed by atoms with Crippen LogP contribution < -0.4 is 16.3 Å². The monoisotopic (exact) mass is 267 g/mol. The zero-order valence-electron chi connectivity index (χ0n) is 10.8. The topological polar surface area (TPSA) is 82.7 Å². The number of benzene rings is 1. The van der Waals surface area contributed by atoms with E-state index >= 15 is 0 Å². The van der Waals surface area contributed by atoms with E-state index in [0.29, 0.717) is 11.5 Å². The summed E-state index contributed by atoms with van der Waals surface area (Å²) < 4.78 is 0. The van der Waals surface area contributed by atoms with Crippen LogP contribution in [0.3, 0.4) is 0 Å². The van der Waals surface area contributed by atoms with E-state index < -0.39 is 5.69 Å². The van der Waals surface area contributed by atoms with Gasteiger partial charge in [-0.3, -0.25) is 4.98 Å². The maximum absolute atomic E-state index is 11.5. The van der Waals surface area contributed by atoms with Crippen molar-refractivity contribution in [3.63, 3.8) is 0 Å². The van der Waals surface area contributed by atoms with Gasteiger partial charge in [-0.05, 0) is 36.4 Å². The molecular weight excluding hydrogens is 254 g/mol. The smallest absolute Gasteiger partial charge is 0.348 e. The molecule has 0 radical (unpaired) electrons. The lowest BCUT2D eigenvalue weighted by atomic mass is 10.2. The minimum Gasteiger partial charge on any atom is -0.388 e. The molecule has 6 heteroatoms. The van der Waals surface area contributed by atoms with Crippen molar-refractivity contribution in [3.05, 3.63) is 53.1 Å². The second-order valence-corrected chi connectivity index (χ2v) is 4.24. The van der Waals surface area contributed by atoms with Gasteiger partial charge >= 0.3 is 5.69 Å². The molecule has 1 aromatic carbocycles. The van der Waals surface area contributed by atoms with E-state index in [1.54, 1.807) is 12.3 Å². The molecule has 0 bridgehead atoms. The van der Waals surface area contributed by atoms with Gasteiger partial charge in [-0.25, -0.2) is 9.78 Å². The summed E-state index contributed by atoms with van der Waals surface area (Å²) in [6.45, 7) is 0. The Morgan fingerprint density at radius 3 is 2.60 bits per heavy atom. The van der Waals surface area contributed by atoms with Crippen LogP contribution in [0, 0.1) is 0 Å². The number of nitrogens with zero attached hydrogens (tertiary/aromatic N) is 2. The van der Waals surface area contributed by atoms with Gasteiger partial charge in [0.25, 0.3) is 0 Å². The van der Waals surface area contributed by atoms with Crippen molar-refractivity contribution in [1.29, 1.82) is 0 Å². The van der Waals surface area contributed by atoms with Crippen LogP contribution in [0.4, 0.5) is 17.2 Å². The predicted octanol–water partition coefficient (Wildman–Crippen LogP) is 2.10. The fraction of sp³-hybridized carbons (Fsp3) is 0.0714. The van der Waals surface area contributed by atoms with Crippen LogP contribution in [0.2, 0.25) is 0 Å². The molecule has 0 amide bonds. The minimum absolute atomic E-state index is 0.422. The van der Waals surface area contributed by atoms with E-state index in [0.717, 1.165) is 16.8 Å². The van der Waals surface area contributed by atoms with Gasteiger partial charge in [0, 0.05) is 24.6 Å². The molecule has 0 saturated heterocycles. The van der Waals surface area contributed by atoms with Crippen molar-refractivity contribution in [1.82, 2.24) is 15.0 Å². The first-order valence-electron chi connectivity index (χ1n) is 6.16. The Labute approximate surface area is 114 Å². The normalized spacial score (nSPS) is 10.4. The largest absolute Gasteiger partial charge is 0.388 e. The van der Waals surface area contributed by atoms with Crippen LogP contribution in [-0.2, 0) is 0 Å². The molecule has 0 aliphatic heterocycles. The van der Waals surface area contributed by atoms with Crippen LogP contribution in [-0.4, -0.2) is 22.0 Å². The lowest BCUT2D eigenvalue weighted by Crippen LogP contribution is -2.13. The van der Waals surface area contributed by atoms with E-state index in [4.69, 9.17) is 0 Å². The lowest BCUT2D eigenvalue weighted by molar-refractivity contribution is 1.10. The first-order valence-corrected chi connectivity index (χ1v) is 6.16. The Balaban J connectivity index is 2.03. The summed E-state index contributed by atoms with van der Waals surface area (Å²) in [7, 11) is 1.86. The third-order valence-corrected chi connectivity index (χ3v) is 2.94. The third kappa shape index (κ3) is 2.31. The van der Waals surface area contributed by atoms with Crippen LogP contribution in [0.1, 0.15) is 0 Å². The molecule has 100 valence electrons. The quantitative estimate of drug-likeness (QED) is 0.677. The Morgan fingerprint density at radius 2 is 1.85 bits per heavy atom. The second-order valence-electron chi connectivity index (χ2n) is 4.24. The van der Waals surface area contributed by atoms with Crippen LogP contribution in [0.15, 0.2) is 47.4 Å². The van der Waals surface area contributed by atoms with Gasteiger partial charge in [-0.2, -0.15) is 4.98 Å². The molecule has 0 aliphatic carbocycles. The van der Waals surface area contributed by atoms with Crippen LogP contribution >= 0.6 is 0 Å². The molecule has 0 unspecified atom stereocenters. The fourth-order valence-electron chi connectivity index (χ4n) is 1.94. The first-order chi connectivity index (χ1) is 9.76. The summed E-state index contributed by atoms with van der Waals surface area (Å²) >= 11 is 0. The van der Waals surface area contributed by atoms with Gasteiger partial charge < -0.3 is 10.6 Å². The minimum atomic E-state index is -0.425. The standard InChI is InChI=1S/C14H13N5O/c1-15-9-4-6-10(7-5-9)17-13-11-3-2-8-16-12(11)18-14(20)19-13/h2-8,15H,1H3,(H2,16,17,18,19,20). The molecule has 3 N–H and O–H groups in total. The average molecular weight is 267 g/mol. The predicted molar refractivity (Wildman–Crippen MR) is 79.4 cm³/mol. The summed E-state index contributed by atoms with van der Waals surface area (Å²) in [6.07, 6.45) is 1.61. The molecule has 0 saturated carbocycles. The van der Waals surface area contributed by atoms with Crippen molar-refractivity contribution < 1.29 is 0 Å². The van der Waals surface area contributed by atoms with Gasteiger partial charge in [0.15, 0.2) is 5.65 Å².